The molecule has 2 nitrogen and oxygen atoms in total. The lowest BCUT2D eigenvalue weighted by atomic mass is 10.2. The maximum Gasteiger partial charge on any atom is 0.188 e. The van der Waals surface area contributed by atoms with Crippen LogP contribution in [0.4, 0.5) is 0 Å². The first kappa shape index (κ1) is 23.7. The van der Waals surface area contributed by atoms with E-state index in [0.29, 0.717) is 0 Å². The van der Waals surface area contributed by atoms with Crippen LogP contribution in [0.25, 0.3) is 27.5 Å². The summed E-state index contributed by atoms with van der Waals surface area (Å²) in [6.45, 7) is 0. The summed E-state index contributed by atoms with van der Waals surface area (Å²) in [4.78, 5) is 0. The minimum Gasteiger partial charge on any atom is -0.456 e. The normalized spacial score (nSPS) is 13.5. The summed E-state index contributed by atoms with van der Waals surface area (Å²) in [6.07, 6.45) is 0. The third kappa shape index (κ3) is 3.33. The van der Waals surface area contributed by atoms with Crippen molar-refractivity contribution in [3.63, 3.8) is 0 Å². The van der Waals surface area contributed by atoms with Gasteiger partial charge in [-0.05, 0) is 68.5 Å². The van der Waals surface area contributed by atoms with Gasteiger partial charge in [-0.2, -0.15) is 0 Å². The highest BCUT2D eigenvalue weighted by atomic mass is 127. The third-order valence-corrected chi connectivity index (χ3v) is 13.8. The molecule has 2 heterocycles. The smallest absolute Gasteiger partial charge is 0.188 e. The zero-order chi connectivity index (χ0) is 26.7. The molecular formula is C36H24INOSi. The Morgan fingerprint density at radius 1 is 0.525 bits per heavy atom. The number of rotatable bonds is 3. The fourth-order valence-corrected chi connectivity index (χ4v) is 12.5. The van der Waals surface area contributed by atoms with Crippen LogP contribution in [0.3, 0.4) is 0 Å². The molecule has 7 aromatic rings. The van der Waals surface area contributed by atoms with Crippen LogP contribution in [-0.4, -0.2) is 12.6 Å². The van der Waals surface area contributed by atoms with Crippen LogP contribution in [0.5, 0.6) is 11.5 Å². The number of hydrogen-bond acceptors (Lipinski definition) is 1. The summed E-state index contributed by atoms with van der Waals surface area (Å²) < 4.78 is 10.3. The molecule has 0 fully saturated rings. The van der Waals surface area contributed by atoms with Gasteiger partial charge >= 0.3 is 0 Å². The van der Waals surface area contributed by atoms with Crippen molar-refractivity contribution in [2.45, 2.75) is 0 Å². The highest BCUT2D eigenvalue weighted by Gasteiger charge is 2.48. The molecule has 8 rings (SSSR count). The average molecular weight is 642 g/mol. The average Bonchev–Trinajstić information content (AvgIpc) is 3.35. The molecule has 0 amide bonds. The summed E-state index contributed by atoms with van der Waals surface area (Å²) in [7, 11) is -2.73. The molecule has 0 aliphatic carbocycles. The molecule has 0 saturated heterocycles. The largest absolute Gasteiger partial charge is 0.456 e. The summed E-state index contributed by atoms with van der Waals surface area (Å²) in [6, 6.07) is 52.9. The molecule has 0 saturated carbocycles. The number of halogens is 1. The highest BCUT2D eigenvalue weighted by molar-refractivity contribution is 14.1. The monoisotopic (exact) mass is 641 g/mol. The Hall–Kier alpha value is -4.13. The molecule has 6 aromatic carbocycles. The van der Waals surface area contributed by atoms with Gasteiger partial charge in [0.1, 0.15) is 11.5 Å². The molecule has 190 valence electrons. The van der Waals surface area contributed by atoms with Crippen LogP contribution in [0.15, 0.2) is 146 Å². The van der Waals surface area contributed by atoms with E-state index in [-0.39, 0.29) is 0 Å². The number of para-hydroxylation sites is 3. The summed E-state index contributed by atoms with van der Waals surface area (Å²) in [5.41, 5.74) is 3.58. The first-order valence-corrected chi connectivity index (χ1v) is 16.6. The van der Waals surface area contributed by atoms with Crippen LogP contribution in [-0.2, 0) is 0 Å². The van der Waals surface area contributed by atoms with E-state index in [0.717, 1.165) is 20.8 Å². The van der Waals surface area contributed by atoms with Crippen molar-refractivity contribution in [2.24, 2.45) is 0 Å². The quantitative estimate of drug-likeness (QED) is 0.152. The van der Waals surface area contributed by atoms with Crippen LogP contribution in [0, 0.1) is 3.57 Å². The van der Waals surface area contributed by atoms with E-state index in [1.807, 2.05) is 0 Å². The van der Waals surface area contributed by atoms with Gasteiger partial charge < -0.3 is 9.30 Å². The Morgan fingerprint density at radius 2 is 1.05 bits per heavy atom. The number of ether oxygens (including phenoxy) is 1. The maximum absolute atomic E-state index is 6.77. The first-order valence-electron chi connectivity index (χ1n) is 13.5. The Bertz CT molecular complexity index is 1960. The van der Waals surface area contributed by atoms with Crippen LogP contribution in [0.1, 0.15) is 0 Å². The lowest BCUT2D eigenvalue weighted by Crippen LogP contribution is -2.76. The summed E-state index contributed by atoms with van der Waals surface area (Å²) >= 11 is 2.48. The predicted octanol–water partition coefficient (Wildman–Crippen LogP) is 6.87. The molecule has 1 aliphatic heterocycles. The summed E-state index contributed by atoms with van der Waals surface area (Å²) in [5.74, 6) is 1.93. The van der Waals surface area contributed by atoms with Gasteiger partial charge in [0.25, 0.3) is 0 Å². The van der Waals surface area contributed by atoms with Gasteiger partial charge in [0, 0.05) is 21.6 Å². The Kier molecular flexibility index (Phi) is 5.47. The van der Waals surface area contributed by atoms with Crippen molar-refractivity contribution in [2.75, 3.05) is 0 Å². The van der Waals surface area contributed by atoms with E-state index >= 15 is 0 Å². The molecule has 0 unspecified atom stereocenters. The molecule has 0 bridgehead atoms. The Balaban J connectivity index is 1.53. The van der Waals surface area contributed by atoms with Gasteiger partial charge in [0.15, 0.2) is 8.07 Å². The molecule has 0 N–H and O–H groups in total. The number of aromatic nitrogens is 1. The Morgan fingerprint density at radius 3 is 1.68 bits per heavy atom. The molecule has 0 atom stereocenters. The molecule has 4 heteroatoms. The molecule has 40 heavy (non-hydrogen) atoms. The SMILES string of the molecule is Ic1cc(-n2c3ccccc3c3ccccc32)cc2c1Oc1ccccc1[Si]2(c1ccccc1)c1ccccc1. The minimum atomic E-state index is -2.73. The van der Waals surface area contributed by atoms with Crippen molar-refractivity contribution in [3.05, 3.63) is 149 Å². The number of benzene rings is 6. The zero-order valence-corrected chi connectivity index (χ0v) is 24.7. The molecule has 1 aliphatic rings. The third-order valence-electron chi connectivity index (χ3n) is 8.19. The van der Waals surface area contributed by atoms with Gasteiger partial charge in [0.2, 0.25) is 0 Å². The lowest BCUT2D eigenvalue weighted by Gasteiger charge is -2.40. The van der Waals surface area contributed by atoms with Gasteiger partial charge in [-0.25, -0.2) is 0 Å². The predicted molar refractivity (Wildman–Crippen MR) is 177 cm³/mol. The van der Waals surface area contributed by atoms with Crippen molar-refractivity contribution >= 4 is 73.2 Å². The van der Waals surface area contributed by atoms with Gasteiger partial charge in [-0.1, -0.05) is 115 Å². The maximum atomic E-state index is 6.77. The van der Waals surface area contributed by atoms with Crippen molar-refractivity contribution in [1.82, 2.24) is 4.57 Å². The van der Waals surface area contributed by atoms with Crippen molar-refractivity contribution < 1.29 is 4.74 Å². The molecule has 1 aromatic heterocycles. The van der Waals surface area contributed by atoms with E-state index in [2.05, 4.69) is 173 Å². The number of fused-ring (bicyclic) bond motifs is 5. The Labute approximate surface area is 247 Å². The van der Waals surface area contributed by atoms with Gasteiger partial charge in [-0.15, -0.1) is 0 Å². The van der Waals surface area contributed by atoms with E-state index in [1.54, 1.807) is 0 Å². The summed E-state index contributed by atoms with van der Waals surface area (Å²) in [5, 5.41) is 7.81. The van der Waals surface area contributed by atoms with E-state index in [9.17, 15) is 0 Å². The van der Waals surface area contributed by atoms with Crippen LogP contribution < -0.4 is 25.5 Å². The van der Waals surface area contributed by atoms with Crippen LogP contribution >= 0.6 is 22.6 Å². The van der Waals surface area contributed by atoms with E-state index in [1.165, 1.54) is 42.6 Å². The van der Waals surface area contributed by atoms with E-state index < -0.39 is 8.07 Å². The fourth-order valence-electron chi connectivity index (χ4n) is 6.58. The highest BCUT2D eigenvalue weighted by Crippen LogP contribution is 2.37. The van der Waals surface area contributed by atoms with Gasteiger partial charge in [0.05, 0.1) is 14.6 Å². The lowest BCUT2D eigenvalue weighted by molar-refractivity contribution is 0.483. The number of hydrogen-bond donors (Lipinski definition) is 0. The standard InChI is InChI=1S/C36H24INOSi/c37-30-23-25(38-31-19-9-7-17-28(31)29-18-8-10-20-32(29)38)24-35-36(30)39-33-21-11-12-22-34(33)40(35,26-13-3-1-4-14-26)27-15-5-2-6-16-27/h1-24H. The fraction of sp³-hybridized carbons (Fsp3) is 0. The topological polar surface area (TPSA) is 14.2 Å². The van der Waals surface area contributed by atoms with Crippen molar-refractivity contribution in [1.29, 1.82) is 0 Å². The molecule has 0 radical (unpaired) electrons. The van der Waals surface area contributed by atoms with Crippen LogP contribution in [0.2, 0.25) is 0 Å². The van der Waals surface area contributed by atoms with Gasteiger partial charge in [-0.3, -0.25) is 0 Å². The zero-order valence-electron chi connectivity index (χ0n) is 21.6. The minimum absolute atomic E-state index is 0.955. The molecule has 0 spiro atoms. The van der Waals surface area contributed by atoms with Crippen molar-refractivity contribution in [3.8, 4) is 17.2 Å². The van der Waals surface area contributed by atoms with E-state index in [4.69, 9.17) is 4.74 Å². The second kappa shape index (κ2) is 9.22. The first-order chi connectivity index (χ1) is 19.8. The second-order valence-corrected chi connectivity index (χ2v) is 15.1. The second-order valence-electron chi connectivity index (χ2n) is 10.3. The molecular weight excluding hydrogens is 617 g/mol. The number of nitrogens with zero attached hydrogens (tertiary/aromatic N) is 1.